The van der Waals surface area contributed by atoms with Gasteiger partial charge < -0.3 is 15.4 Å². The molecule has 1 saturated heterocycles. The summed E-state index contributed by atoms with van der Waals surface area (Å²) in [5, 5.41) is 0. The smallest absolute Gasteiger partial charge is 0.239 e. The molecule has 1 atom stereocenters. The van der Waals surface area contributed by atoms with Crippen LogP contribution in [0.1, 0.15) is 32.6 Å². The molecule has 0 aromatic rings. The molecule has 1 rings (SSSR count). The Morgan fingerprint density at radius 3 is 3.00 bits per heavy atom. The SMILES string of the molecule is CCCC[C@H](N)C(=O)N1CCCOCC1. The zero-order valence-electron chi connectivity index (χ0n) is 9.58. The maximum absolute atomic E-state index is 11.9. The van der Waals surface area contributed by atoms with Gasteiger partial charge in [-0.2, -0.15) is 0 Å². The van der Waals surface area contributed by atoms with Gasteiger partial charge in [0, 0.05) is 19.7 Å². The van der Waals surface area contributed by atoms with E-state index in [0.717, 1.165) is 38.8 Å². The number of ether oxygens (including phenoxy) is 1. The fraction of sp³-hybridized carbons (Fsp3) is 0.909. The number of rotatable bonds is 4. The molecule has 0 bridgehead atoms. The average molecular weight is 214 g/mol. The zero-order valence-corrected chi connectivity index (χ0v) is 9.58. The molecule has 0 aliphatic carbocycles. The third kappa shape index (κ3) is 4.18. The van der Waals surface area contributed by atoms with Gasteiger partial charge in [0.25, 0.3) is 0 Å². The normalized spacial score (nSPS) is 19.7. The second-order valence-electron chi connectivity index (χ2n) is 4.04. The summed E-state index contributed by atoms with van der Waals surface area (Å²) in [6.45, 7) is 4.99. The van der Waals surface area contributed by atoms with Crippen LogP contribution in [-0.4, -0.2) is 43.2 Å². The Kier molecular flexibility index (Phi) is 5.65. The van der Waals surface area contributed by atoms with Crippen molar-refractivity contribution in [3.05, 3.63) is 0 Å². The second kappa shape index (κ2) is 6.80. The molecule has 0 aromatic carbocycles. The van der Waals surface area contributed by atoms with E-state index in [0.29, 0.717) is 13.2 Å². The lowest BCUT2D eigenvalue weighted by Gasteiger charge is -2.23. The Bertz CT molecular complexity index is 189. The van der Waals surface area contributed by atoms with Gasteiger partial charge in [-0.3, -0.25) is 4.79 Å². The van der Waals surface area contributed by atoms with Gasteiger partial charge in [0.05, 0.1) is 12.6 Å². The quantitative estimate of drug-likeness (QED) is 0.751. The lowest BCUT2D eigenvalue weighted by molar-refractivity contribution is -0.132. The Morgan fingerprint density at radius 2 is 2.27 bits per heavy atom. The van der Waals surface area contributed by atoms with Crippen molar-refractivity contribution in [1.29, 1.82) is 0 Å². The highest BCUT2D eigenvalue weighted by molar-refractivity contribution is 5.81. The molecule has 1 fully saturated rings. The molecule has 0 unspecified atom stereocenters. The van der Waals surface area contributed by atoms with Gasteiger partial charge in [0.2, 0.25) is 5.91 Å². The van der Waals surface area contributed by atoms with Gasteiger partial charge >= 0.3 is 0 Å². The molecular weight excluding hydrogens is 192 g/mol. The fourth-order valence-corrected chi connectivity index (χ4v) is 1.75. The van der Waals surface area contributed by atoms with E-state index in [4.69, 9.17) is 10.5 Å². The Labute approximate surface area is 91.8 Å². The molecule has 0 saturated carbocycles. The van der Waals surface area contributed by atoms with Crippen molar-refractivity contribution in [2.45, 2.75) is 38.6 Å². The topological polar surface area (TPSA) is 55.6 Å². The highest BCUT2D eigenvalue weighted by Crippen LogP contribution is 2.05. The number of hydrogen-bond acceptors (Lipinski definition) is 3. The molecule has 0 aromatic heterocycles. The predicted molar refractivity (Wildman–Crippen MR) is 59.5 cm³/mol. The lowest BCUT2D eigenvalue weighted by Crippen LogP contribution is -2.44. The first kappa shape index (κ1) is 12.5. The minimum absolute atomic E-state index is 0.0916. The predicted octanol–water partition coefficient (Wildman–Crippen LogP) is 0.753. The van der Waals surface area contributed by atoms with Crippen molar-refractivity contribution < 1.29 is 9.53 Å². The molecule has 4 nitrogen and oxygen atoms in total. The summed E-state index contributed by atoms with van der Waals surface area (Å²) < 4.78 is 5.30. The van der Waals surface area contributed by atoms with Crippen LogP contribution < -0.4 is 5.73 Å². The largest absolute Gasteiger partial charge is 0.380 e. The van der Waals surface area contributed by atoms with E-state index in [1.54, 1.807) is 0 Å². The summed E-state index contributed by atoms with van der Waals surface area (Å²) in [7, 11) is 0. The number of carbonyl (C=O) groups is 1. The van der Waals surface area contributed by atoms with Crippen LogP contribution in [0.2, 0.25) is 0 Å². The second-order valence-corrected chi connectivity index (χ2v) is 4.04. The molecule has 1 heterocycles. The van der Waals surface area contributed by atoms with Gasteiger partial charge in [-0.05, 0) is 12.8 Å². The van der Waals surface area contributed by atoms with Gasteiger partial charge in [0.1, 0.15) is 0 Å². The van der Waals surface area contributed by atoms with E-state index in [1.165, 1.54) is 0 Å². The number of amides is 1. The Morgan fingerprint density at radius 1 is 1.47 bits per heavy atom. The first-order chi connectivity index (χ1) is 7.25. The number of nitrogens with zero attached hydrogens (tertiary/aromatic N) is 1. The van der Waals surface area contributed by atoms with E-state index in [9.17, 15) is 4.79 Å². The van der Waals surface area contributed by atoms with Crippen molar-refractivity contribution in [2.75, 3.05) is 26.3 Å². The van der Waals surface area contributed by atoms with E-state index in [1.807, 2.05) is 4.90 Å². The maximum atomic E-state index is 11.9. The molecule has 1 amide bonds. The summed E-state index contributed by atoms with van der Waals surface area (Å²) in [5.74, 6) is 0.0916. The van der Waals surface area contributed by atoms with Crippen LogP contribution in [0.15, 0.2) is 0 Å². The first-order valence-electron chi connectivity index (χ1n) is 5.87. The first-order valence-corrected chi connectivity index (χ1v) is 5.87. The number of nitrogens with two attached hydrogens (primary N) is 1. The summed E-state index contributed by atoms with van der Waals surface area (Å²) >= 11 is 0. The number of hydrogen-bond donors (Lipinski definition) is 1. The molecule has 15 heavy (non-hydrogen) atoms. The van der Waals surface area contributed by atoms with Crippen LogP contribution in [0, 0.1) is 0 Å². The van der Waals surface area contributed by atoms with Gasteiger partial charge in [-0.1, -0.05) is 19.8 Å². The van der Waals surface area contributed by atoms with Crippen LogP contribution in [-0.2, 0) is 9.53 Å². The van der Waals surface area contributed by atoms with Crippen molar-refractivity contribution in [3.63, 3.8) is 0 Å². The minimum Gasteiger partial charge on any atom is -0.380 e. The average Bonchev–Trinajstić information content (AvgIpc) is 2.53. The summed E-state index contributed by atoms with van der Waals surface area (Å²) in [6, 6.07) is -0.317. The summed E-state index contributed by atoms with van der Waals surface area (Å²) in [6.07, 6.45) is 3.83. The molecule has 1 aliphatic rings. The Balaban J connectivity index is 2.35. The molecular formula is C11H22N2O2. The fourth-order valence-electron chi connectivity index (χ4n) is 1.75. The highest BCUT2D eigenvalue weighted by Gasteiger charge is 2.21. The third-order valence-electron chi connectivity index (χ3n) is 2.72. The summed E-state index contributed by atoms with van der Waals surface area (Å²) in [5.41, 5.74) is 5.85. The minimum atomic E-state index is -0.317. The third-order valence-corrected chi connectivity index (χ3v) is 2.72. The van der Waals surface area contributed by atoms with Crippen LogP contribution in [0.4, 0.5) is 0 Å². The van der Waals surface area contributed by atoms with Gasteiger partial charge in [-0.25, -0.2) is 0 Å². The van der Waals surface area contributed by atoms with Crippen molar-refractivity contribution in [1.82, 2.24) is 4.90 Å². The zero-order chi connectivity index (χ0) is 11.1. The van der Waals surface area contributed by atoms with Gasteiger partial charge in [0.15, 0.2) is 0 Å². The number of unbranched alkanes of at least 4 members (excludes halogenated alkanes) is 1. The van der Waals surface area contributed by atoms with E-state index in [2.05, 4.69) is 6.92 Å². The van der Waals surface area contributed by atoms with E-state index >= 15 is 0 Å². The molecule has 0 spiro atoms. The van der Waals surface area contributed by atoms with Crippen LogP contribution >= 0.6 is 0 Å². The Hall–Kier alpha value is -0.610. The molecule has 0 radical (unpaired) electrons. The highest BCUT2D eigenvalue weighted by atomic mass is 16.5. The number of carbonyl (C=O) groups excluding carboxylic acids is 1. The van der Waals surface area contributed by atoms with E-state index in [-0.39, 0.29) is 11.9 Å². The van der Waals surface area contributed by atoms with Gasteiger partial charge in [-0.15, -0.1) is 0 Å². The van der Waals surface area contributed by atoms with Crippen molar-refractivity contribution in [2.24, 2.45) is 5.73 Å². The van der Waals surface area contributed by atoms with Crippen molar-refractivity contribution in [3.8, 4) is 0 Å². The standard InChI is InChI=1S/C11H22N2O2/c1-2-3-5-10(12)11(14)13-6-4-8-15-9-7-13/h10H,2-9,12H2,1H3/t10-/m0/s1. The van der Waals surface area contributed by atoms with Crippen LogP contribution in [0.25, 0.3) is 0 Å². The summed E-state index contributed by atoms with van der Waals surface area (Å²) in [4.78, 5) is 13.7. The monoisotopic (exact) mass is 214 g/mol. The molecule has 4 heteroatoms. The van der Waals surface area contributed by atoms with E-state index < -0.39 is 0 Å². The maximum Gasteiger partial charge on any atom is 0.239 e. The molecule has 2 N–H and O–H groups in total. The van der Waals surface area contributed by atoms with Crippen molar-refractivity contribution >= 4 is 5.91 Å². The van der Waals surface area contributed by atoms with Crippen LogP contribution in [0.5, 0.6) is 0 Å². The lowest BCUT2D eigenvalue weighted by atomic mass is 10.1. The van der Waals surface area contributed by atoms with Crippen LogP contribution in [0.3, 0.4) is 0 Å². The molecule has 1 aliphatic heterocycles. The molecule has 88 valence electrons.